The van der Waals surface area contributed by atoms with Crippen LogP contribution in [0.25, 0.3) is 0 Å². The predicted molar refractivity (Wildman–Crippen MR) is 138 cm³/mol. The van der Waals surface area contributed by atoms with Crippen molar-refractivity contribution in [2.75, 3.05) is 29.4 Å². The van der Waals surface area contributed by atoms with Crippen molar-refractivity contribution in [3.05, 3.63) is 35.8 Å². The Balaban J connectivity index is 1.21. The molecule has 37 heavy (non-hydrogen) atoms. The first-order valence-electron chi connectivity index (χ1n) is 13.7. The molecular weight excluding hydrogens is 466 g/mol. The highest BCUT2D eigenvalue weighted by Gasteiger charge is 2.55. The molecule has 7 rings (SSSR count). The van der Waals surface area contributed by atoms with Crippen LogP contribution in [0.15, 0.2) is 24.7 Å². The van der Waals surface area contributed by atoms with Gasteiger partial charge in [-0.3, -0.25) is 4.79 Å². The quantitative estimate of drug-likeness (QED) is 0.633. The van der Waals surface area contributed by atoms with Crippen LogP contribution in [0.4, 0.5) is 17.5 Å². The zero-order valence-corrected chi connectivity index (χ0v) is 21.6. The number of carbonyl (C=O) groups excluding carboxylic acids is 1. The Morgan fingerprint density at radius 1 is 1.08 bits per heavy atom. The fourth-order valence-corrected chi connectivity index (χ4v) is 7.40. The zero-order valence-electron chi connectivity index (χ0n) is 21.6. The number of pyridine rings is 1. The molecule has 9 nitrogen and oxygen atoms in total. The van der Waals surface area contributed by atoms with Gasteiger partial charge in [0.2, 0.25) is 0 Å². The van der Waals surface area contributed by atoms with Crippen LogP contribution in [0.3, 0.4) is 0 Å². The topological polar surface area (TPSA) is 98.5 Å². The number of nitriles is 1. The molecule has 2 atom stereocenters. The summed E-state index contributed by atoms with van der Waals surface area (Å²) < 4.78 is 6.19. The Morgan fingerprint density at radius 2 is 1.86 bits per heavy atom. The van der Waals surface area contributed by atoms with Crippen LogP contribution in [0.1, 0.15) is 69.9 Å². The van der Waals surface area contributed by atoms with Crippen LogP contribution in [0.5, 0.6) is 0 Å². The van der Waals surface area contributed by atoms with Crippen LogP contribution in [0, 0.1) is 11.3 Å². The fraction of sp³-hybridized carbons (Fsp3) is 0.607. The Hall–Kier alpha value is -3.25. The molecular formula is C28H33N7O2. The molecule has 6 heterocycles. The third-order valence-electron chi connectivity index (χ3n) is 9.56. The van der Waals surface area contributed by atoms with E-state index in [1.54, 1.807) is 18.6 Å². The van der Waals surface area contributed by atoms with Crippen LogP contribution in [-0.2, 0) is 14.9 Å². The van der Waals surface area contributed by atoms with Gasteiger partial charge in [-0.15, -0.1) is 0 Å². The summed E-state index contributed by atoms with van der Waals surface area (Å²) in [6, 6.07) is 6.00. The molecule has 1 saturated carbocycles. The van der Waals surface area contributed by atoms with E-state index in [9.17, 15) is 10.1 Å². The summed E-state index contributed by atoms with van der Waals surface area (Å²) in [5.74, 6) is 2.84. The number of rotatable bonds is 3. The first-order valence-corrected chi connectivity index (χ1v) is 13.7. The molecule has 1 spiro atoms. The van der Waals surface area contributed by atoms with Gasteiger partial charge in [0.05, 0.1) is 17.7 Å². The number of piperazine rings is 1. The van der Waals surface area contributed by atoms with E-state index in [2.05, 4.69) is 39.6 Å². The lowest BCUT2D eigenvalue weighted by Gasteiger charge is -2.48. The fourth-order valence-electron chi connectivity index (χ4n) is 7.40. The summed E-state index contributed by atoms with van der Waals surface area (Å²) in [4.78, 5) is 34.5. The lowest BCUT2D eigenvalue weighted by Crippen LogP contribution is -2.62. The predicted octanol–water partition coefficient (Wildman–Crippen LogP) is 3.45. The van der Waals surface area contributed by atoms with Crippen LogP contribution >= 0.6 is 0 Å². The molecule has 2 aromatic rings. The Bertz CT molecular complexity index is 1290. The van der Waals surface area contributed by atoms with Crippen molar-refractivity contribution in [3.63, 3.8) is 0 Å². The van der Waals surface area contributed by atoms with E-state index < -0.39 is 5.60 Å². The molecule has 9 heteroatoms. The van der Waals surface area contributed by atoms with Gasteiger partial charge in [-0.2, -0.15) is 5.26 Å². The highest BCUT2D eigenvalue weighted by atomic mass is 16.5. The van der Waals surface area contributed by atoms with Crippen molar-refractivity contribution in [1.82, 2.24) is 19.9 Å². The summed E-state index contributed by atoms with van der Waals surface area (Å²) in [5, 5.41) is 9.43. The minimum atomic E-state index is -0.585. The molecule has 4 fully saturated rings. The van der Waals surface area contributed by atoms with Crippen molar-refractivity contribution < 1.29 is 9.53 Å². The average molecular weight is 500 g/mol. The van der Waals surface area contributed by atoms with E-state index in [1.807, 2.05) is 6.07 Å². The second-order valence-corrected chi connectivity index (χ2v) is 11.7. The summed E-state index contributed by atoms with van der Waals surface area (Å²) >= 11 is 0. The van der Waals surface area contributed by atoms with Crippen LogP contribution < -0.4 is 9.80 Å². The minimum absolute atomic E-state index is 0.00166. The van der Waals surface area contributed by atoms with E-state index >= 15 is 0 Å². The number of aromatic nitrogens is 3. The Kier molecular flexibility index (Phi) is 5.03. The molecule has 4 aliphatic heterocycles. The van der Waals surface area contributed by atoms with Crippen molar-refractivity contribution in [1.29, 1.82) is 5.26 Å². The van der Waals surface area contributed by atoms with E-state index in [-0.39, 0.29) is 29.5 Å². The van der Waals surface area contributed by atoms with E-state index in [0.717, 1.165) is 69.1 Å². The standard InChI is InChI=1S/C28H33N7O2/c1-18-15-34(26(36)28-9-4-21(37-28)5-10-28)19(2)14-33(18)24-23-25(32-17-31-24)35(16-27(23)7-3-8-27)22-12-20(13-29)6-11-30-22/h6,11-12,17-19,21H,3-5,7-10,14-16H2,1-2H3/t18-,19+,21?,28?/m0/s1. The Morgan fingerprint density at radius 3 is 2.54 bits per heavy atom. The molecule has 1 aliphatic carbocycles. The van der Waals surface area contributed by atoms with Crippen molar-refractivity contribution >= 4 is 23.4 Å². The second-order valence-electron chi connectivity index (χ2n) is 11.7. The van der Waals surface area contributed by atoms with Crippen molar-refractivity contribution in [2.24, 2.45) is 0 Å². The number of carbonyl (C=O) groups is 1. The normalized spacial score (nSPS) is 31.4. The molecule has 2 aromatic heterocycles. The molecule has 0 radical (unpaired) electrons. The van der Waals surface area contributed by atoms with Crippen LogP contribution in [-0.4, -0.2) is 69.2 Å². The van der Waals surface area contributed by atoms with Gasteiger partial charge in [0.1, 0.15) is 29.4 Å². The Labute approximate surface area is 217 Å². The molecule has 3 saturated heterocycles. The maximum atomic E-state index is 13.7. The van der Waals surface area contributed by atoms with E-state index in [0.29, 0.717) is 12.1 Å². The largest absolute Gasteiger partial charge is 0.362 e. The number of fused-ring (bicyclic) bond motifs is 4. The number of hydrogen-bond donors (Lipinski definition) is 0. The van der Waals surface area contributed by atoms with Crippen LogP contribution in [0.2, 0.25) is 0 Å². The third-order valence-corrected chi connectivity index (χ3v) is 9.56. The highest BCUT2D eigenvalue weighted by Crippen LogP contribution is 2.56. The lowest BCUT2D eigenvalue weighted by atomic mass is 9.66. The highest BCUT2D eigenvalue weighted by molar-refractivity contribution is 5.87. The van der Waals surface area contributed by atoms with E-state index in [4.69, 9.17) is 14.7 Å². The number of nitrogens with zero attached hydrogens (tertiary/aromatic N) is 7. The number of hydrogen-bond acceptors (Lipinski definition) is 8. The van der Waals surface area contributed by atoms with Crippen molar-refractivity contribution in [3.8, 4) is 6.07 Å². The minimum Gasteiger partial charge on any atom is -0.362 e. The van der Waals surface area contributed by atoms with Gasteiger partial charge in [-0.05, 0) is 64.5 Å². The number of anilines is 3. The molecule has 1 amide bonds. The van der Waals surface area contributed by atoms with Gasteiger partial charge in [0, 0.05) is 48.9 Å². The third kappa shape index (κ3) is 3.31. The van der Waals surface area contributed by atoms with Gasteiger partial charge in [0.25, 0.3) is 5.91 Å². The van der Waals surface area contributed by atoms with E-state index in [1.165, 1.54) is 12.0 Å². The van der Waals surface area contributed by atoms with Gasteiger partial charge in [0.15, 0.2) is 0 Å². The molecule has 0 aromatic carbocycles. The molecule has 5 aliphatic rings. The zero-order chi connectivity index (χ0) is 25.4. The average Bonchev–Trinajstić information content (AvgIpc) is 3.61. The first kappa shape index (κ1) is 22.9. The molecule has 0 unspecified atom stereocenters. The first-order chi connectivity index (χ1) is 17.9. The maximum Gasteiger partial charge on any atom is 0.255 e. The number of amides is 1. The number of ether oxygens (including phenoxy) is 1. The summed E-state index contributed by atoms with van der Waals surface area (Å²) in [6.45, 7) is 6.55. The molecule has 2 bridgehead atoms. The lowest BCUT2D eigenvalue weighted by molar-refractivity contribution is -0.154. The van der Waals surface area contributed by atoms with Crippen molar-refractivity contribution in [2.45, 2.75) is 88.0 Å². The van der Waals surface area contributed by atoms with Gasteiger partial charge in [-0.25, -0.2) is 15.0 Å². The molecule has 0 N–H and O–H groups in total. The summed E-state index contributed by atoms with van der Waals surface area (Å²) in [5.41, 5.74) is 1.22. The summed E-state index contributed by atoms with van der Waals surface area (Å²) in [6.07, 6.45) is 10.7. The second kappa shape index (κ2) is 8.12. The molecule has 192 valence electrons. The smallest absolute Gasteiger partial charge is 0.255 e. The monoisotopic (exact) mass is 499 g/mol. The summed E-state index contributed by atoms with van der Waals surface area (Å²) in [7, 11) is 0. The van der Waals surface area contributed by atoms with Gasteiger partial charge < -0.3 is 19.4 Å². The van der Waals surface area contributed by atoms with Gasteiger partial charge >= 0.3 is 0 Å². The van der Waals surface area contributed by atoms with Gasteiger partial charge in [-0.1, -0.05) is 6.42 Å². The SMILES string of the molecule is C[C@@H]1CN(c2ncnc3c2C2(CCC2)CN3c2cc(C#N)ccn2)[C@@H](C)CN1C(=O)C12CCC(CC1)O2. The maximum absolute atomic E-state index is 13.7.